The van der Waals surface area contributed by atoms with Crippen LogP contribution in [0.25, 0.3) is 0 Å². The van der Waals surface area contributed by atoms with E-state index in [2.05, 4.69) is 4.72 Å². The van der Waals surface area contributed by atoms with Crippen molar-refractivity contribution in [3.63, 3.8) is 0 Å². The van der Waals surface area contributed by atoms with Gasteiger partial charge in [-0.15, -0.1) is 0 Å². The van der Waals surface area contributed by atoms with Crippen molar-refractivity contribution in [3.8, 4) is 0 Å². The van der Waals surface area contributed by atoms with Crippen molar-refractivity contribution in [2.45, 2.75) is 30.9 Å². The molecule has 1 spiro atoms. The highest BCUT2D eigenvalue weighted by Crippen LogP contribution is 2.35. The molecule has 0 unspecified atom stereocenters. The van der Waals surface area contributed by atoms with Crippen LogP contribution in [0.2, 0.25) is 0 Å². The van der Waals surface area contributed by atoms with E-state index in [1.807, 2.05) is 0 Å². The van der Waals surface area contributed by atoms with Gasteiger partial charge in [-0.3, -0.25) is 4.79 Å². The summed E-state index contributed by atoms with van der Waals surface area (Å²) in [6.07, 6.45) is 6.04. The van der Waals surface area contributed by atoms with Crippen molar-refractivity contribution in [2.24, 2.45) is 0 Å². The Labute approximate surface area is 129 Å². The van der Waals surface area contributed by atoms with Gasteiger partial charge in [-0.05, 0) is 25.3 Å². The van der Waals surface area contributed by atoms with Crippen LogP contribution in [0, 0.1) is 0 Å². The third-order valence-corrected chi connectivity index (χ3v) is 5.01. The Morgan fingerprint density at radius 3 is 3.00 bits per heavy atom. The van der Waals surface area contributed by atoms with Gasteiger partial charge in [0.25, 0.3) is 5.91 Å². The molecule has 2 fully saturated rings. The average molecular weight is 328 g/mol. The zero-order valence-electron chi connectivity index (χ0n) is 12.4. The van der Waals surface area contributed by atoms with E-state index in [9.17, 15) is 13.2 Å². The summed E-state index contributed by atoms with van der Waals surface area (Å²) in [6, 6.07) is 1.51. The number of sulfonamides is 1. The SMILES string of the molecule is CS(=O)(=O)N[C@H]1CCO[C@@]2(CCN(C(=O)c3ccoc3)C2)C1. The van der Waals surface area contributed by atoms with Crippen LogP contribution in [-0.4, -0.2) is 56.8 Å². The van der Waals surface area contributed by atoms with Crippen LogP contribution >= 0.6 is 0 Å². The molecule has 0 saturated carbocycles. The minimum atomic E-state index is -3.23. The van der Waals surface area contributed by atoms with Gasteiger partial charge in [-0.25, -0.2) is 13.1 Å². The first kappa shape index (κ1) is 15.5. The van der Waals surface area contributed by atoms with E-state index in [-0.39, 0.29) is 11.9 Å². The molecule has 122 valence electrons. The van der Waals surface area contributed by atoms with Gasteiger partial charge in [0, 0.05) is 19.2 Å². The number of ether oxygens (including phenoxy) is 1. The molecule has 0 aliphatic carbocycles. The van der Waals surface area contributed by atoms with Crippen LogP contribution in [-0.2, 0) is 14.8 Å². The van der Waals surface area contributed by atoms with E-state index >= 15 is 0 Å². The lowest BCUT2D eigenvalue weighted by molar-refractivity contribution is -0.0763. The normalized spacial score (nSPS) is 29.1. The summed E-state index contributed by atoms with van der Waals surface area (Å²) in [4.78, 5) is 14.1. The first-order valence-electron chi connectivity index (χ1n) is 7.30. The summed E-state index contributed by atoms with van der Waals surface area (Å²) in [5.41, 5.74) is 0.0821. The standard InChI is InChI=1S/C14H20N2O5S/c1-22(18,19)15-12-3-7-21-14(8-12)4-5-16(10-14)13(17)11-2-6-20-9-11/h2,6,9,12,15H,3-5,7-8,10H2,1H3/t12-,14-/m0/s1. The Bertz CT molecular complexity index is 642. The van der Waals surface area contributed by atoms with Crippen molar-refractivity contribution < 1.29 is 22.4 Å². The maximum absolute atomic E-state index is 12.3. The van der Waals surface area contributed by atoms with E-state index in [0.717, 1.165) is 6.42 Å². The lowest BCUT2D eigenvalue weighted by Gasteiger charge is -2.38. The highest BCUT2D eigenvalue weighted by atomic mass is 32.2. The molecular weight excluding hydrogens is 308 g/mol. The third kappa shape index (κ3) is 3.34. The van der Waals surface area contributed by atoms with E-state index in [1.165, 1.54) is 18.8 Å². The fraction of sp³-hybridized carbons (Fsp3) is 0.643. The Balaban J connectivity index is 1.66. The number of rotatable bonds is 3. The largest absolute Gasteiger partial charge is 0.472 e. The summed E-state index contributed by atoms with van der Waals surface area (Å²) in [5, 5.41) is 0. The van der Waals surface area contributed by atoms with Gasteiger partial charge < -0.3 is 14.1 Å². The molecule has 7 nitrogen and oxygen atoms in total. The number of carbonyl (C=O) groups excluding carboxylic acids is 1. The van der Waals surface area contributed by atoms with Gasteiger partial charge in [-0.2, -0.15) is 0 Å². The first-order valence-corrected chi connectivity index (χ1v) is 9.19. The van der Waals surface area contributed by atoms with Gasteiger partial charge in [-0.1, -0.05) is 0 Å². The highest BCUT2D eigenvalue weighted by Gasteiger charge is 2.45. The van der Waals surface area contributed by atoms with Crippen LogP contribution in [0.5, 0.6) is 0 Å². The molecule has 3 rings (SSSR count). The number of hydrogen-bond donors (Lipinski definition) is 1. The second-order valence-electron chi connectivity index (χ2n) is 6.10. The molecule has 0 radical (unpaired) electrons. The number of hydrogen-bond acceptors (Lipinski definition) is 5. The molecule has 0 aromatic carbocycles. The monoisotopic (exact) mass is 328 g/mol. The molecule has 2 aliphatic rings. The average Bonchev–Trinajstić information content (AvgIpc) is 3.06. The number of nitrogens with zero attached hydrogens (tertiary/aromatic N) is 1. The van der Waals surface area contributed by atoms with Crippen LogP contribution in [0.3, 0.4) is 0 Å². The number of carbonyl (C=O) groups is 1. The van der Waals surface area contributed by atoms with Crippen molar-refractivity contribution in [1.82, 2.24) is 9.62 Å². The summed E-state index contributed by atoms with van der Waals surface area (Å²) in [7, 11) is -3.23. The second-order valence-corrected chi connectivity index (χ2v) is 7.88. The Morgan fingerprint density at radius 1 is 1.50 bits per heavy atom. The van der Waals surface area contributed by atoms with Crippen molar-refractivity contribution in [1.29, 1.82) is 0 Å². The topological polar surface area (TPSA) is 88.9 Å². The number of amides is 1. The molecule has 1 N–H and O–H groups in total. The zero-order valence-corrected chi connectivity index (χ0v) is 13.3. The van der Waals surface area contributed by atoms with Crippen LogP contribution in [0.4, 0.5) is 0 Å². The molecule has 1 amide bonds. The third-order valence-electron chi connectivity index (χ3n) is 4.25. The van der Waals surface area contributed by atoms with Gasteiger partial charge in [0.15, 0.2) is 0 Å². The molecule has 3 heterocycles. The quantitative estimate of drug-likeness (QED) is 0.877. The van der Waals surface area contributed by atoms with Gasteiger partial charge in [0.1, 0.15) is 6.26 Å². The van der Waals surface area contributed by atoms with Crippen LogP contribution < -0.4 is 4.72 Å². The van der Waals surface area contributed by atoms with E-state index in [0.29, 0.717) is 38.1 Å². The fourth-order valence-corrected chi connectivity index (χ4v) is 4.11. The molecule has 8 heteroatoms. The summed E-state index contributed by atoms with van der Waals surface area (Å²) in [5.74, 6) is -0.0765. The molecule has 1 aromatic rings. The molecular formula is C14H20N2O5S. The van der Waals surface area contributed by atoms with E-state index in [1.54, 1.807) is 11.0 Å². The smallest absolute Gasteiger partial charge is 0.257 e. The number of likely N-dealkylation sites (tertiary alicyclic amines) is 1. The number of furan rings is 1. The van der Waals surface area contributed by atoms with Crippen LogP contribution in [0.15, 0.2) is 23.0 Å². The lowest BCUT2D eigenvalue weighted by atomic mass is 9.90. The first-order chi connectivity index (χ1) is 10.4. The van der Waals surface area contributed by atoms with Gasteiger partial charge in [0.2, 0.25) is 10.0 Å². The Morgan fingerprint density at radius 2 is 2.32 bits per heavy atom. The predicted octanol–water partition coefficient (Wildman–Crippen LogP) is 0.593. The van der Waals surface area contributed by atoms with E-state index in [4.69, 9.17) is 9.15 Å². The van der Waals surface area contributed by atoms with Crippen LogP contribution in [0.1, 0.15) is 29.6 Å². The molecule has 0 bridgehead atoms. The number of nitrogens with one attached hydrogen (secondary N) is 1. The molecule has 2 aliphatic heterocycles. The van der Waals surface area contributed by atoms with Gasteiger partial charge in [0.05, 0.1) is 30.2 Å². The lowest BCUT2D eigenvalue weighted by Crippen LogP contribution is -2.50. The zero-order chi connectivity index (χ0) is 15.8. The minimum Gasteiger partial charge on any atom is -0.472 e. The molecule has 2 saturated heterocycles. The summed E-state index contributed by atoms with van der Waals surface area (Å²) >= 11 is 0. The Kier molecular flexibility index (Phi) is 4.00. The highest BCUT2D eigenvalue weighted by molar-refractivity contribution is 7.88. The maximum Gasteiger partial charge on any atom is 0.257 e. The van der Waals surface area contributed by atoms with Crippen molar-refractivity contribution >= 4 is 15.9 Å². The molecule has 2 atom stereocenters. The van der Waals surface area contributed by atoms with Gasteiger partial charge >= 0.3 is 0 Å². The van der Waals surface area contributed by atoms with Crippen molar-refractivity contribution in [3.05, 3.63) is 24.2 Å². The van der Waals surface area contributed by atoms with E-state index < -0.39 is 15.6 Å². The second kappa shape index (κ2) is 5.68. The Hall–Kier alpha value is -1.38. The maximum atomic E-state index is 12.3. The summed E-state index contributed by atoms with van der Waals surface area (Å²) in [6.45, 7) is 1.59. The summed E-state index contributed by atoms with van der Waals surface area (Å²) < 4.78 is 36.3. The minimum absolute atomic E-state index is 0.0765. The molecule has 22 heavy (non-hydrogen) atoms. The van der Waals surface area contributed by atoms with Crippen molar-refractivity contribution in [2.75, 3.05) is 26.0 Å². The molecule has 1 aromatic heterocycles. The fourth-order valence-electron chi connectivity index (χ4n) is 3.30. The predicted molar refractivity (Wildman–Crippen MR) is 78.9 cm³/mol.